The molecule has 0 aliphatic carbocycles. The van der Waals surface area contributed by atoms with Crippen molar-refractivity contribution in [2.75, 3.05) is 36.4 Å². The van der Waals surface area contributed by atoms with Crippen molar-refractivity contribution in [2.24, 2.45) is 0 Å². The van der Waals surface area contributed by atoms with E-state index in [0.29, 0.717) is 44.0 Å². The molecule has 3 heterocycles. The third-order valence-electron chi connectivity index (χ3n) is 6.13. The summed E-state index contributed by atoms with van der Waals surface area (Å²) in [4.78, 5) is 45.9. The predicted octanol–water partition coefficient (Wildman–Crippen LogP) is 3.20. The SMILES string of the molecule is CCc1c(N2CCNCC2)c(=O)c2nc(CO)cnc2n1CC(=O)Nc1ccc(C(F)(F)F)cc1Cl.O=C(O)C(F)(F)F. The first-order valence-corrected chi connectivity index (χ1v) is 12.9. The van der Waals surface area contributed by atoms with Gasteiger partial charge in [-0.3, -0.25) is 9.59 Å². The molecule has 0 radical (unpaired) electrons. The third-order valence-corrected chi connectivity index (χ3v) is 6.45. The van der Waals surface area contributed by atoms with E-state index >= 15 is 0 Å². The van der Waals surface area contributed by atoms with E-state index in [9.17, 15) is 41.0 Å². The van der Waals surface area contributed by atoms with E-state index in [1.807, 2.05) is 11.8 Å². The fourth-order valence-electron chi connectivity index (χ4n) is 4.21. The number of fused-ring (bicyclic) bond motifs is 1. The van der Waals surface area contributed by atoms with Crippen LogP contribution in [-0.2, 0) is 35.3 Å². The zero-order valence-electron chi connectivity index (χ0n) is 22.3. The largest absolute Gasteiger partial charge is 0.490 e. The summed E-state index contributed by atoms with van der Waals surface area (Å²) in [5.74, 6) is -3.33. The summed E-state index contributed by atoms with van der Waals surface area (Å²) in [7, 11) is 0. The number of alkyl halides is 6. The quantitative estimate of drug-likeness (QED) is 0.299. The highest BCUT2D eigenvalue weighted by Crippen LogP contribution is 2.34. The second-order valence-corrected chi connectivity index (χ2v) is 9.44. The van der Waals surface area contributed by atoms with Crippen molar-refractivity contribution in [3.63, 3.8) is 0 Å². The number of aromatic nitrogens is 3. The van der Waals surface area contributed by atoms with Gasteiger partial charge in [0, 0.05) is 31.9 Å². The van der Waals surface area contributed by atoms with E-state index in [0.717, 1.165) is 18.2 Å². The van der Waals surface area contributed by atoms with Crippen molar-refractivity contribution in [3.05, 3.63) is 56.6 Å². The summed E-state index contributed by atoms with van der Waals surface area (Å²) >= 11 is 6.00. The Balaban J connectivity index is 0.000000646. The minimum absolute atomic E-state index is 0.0210. The predicted molar refractivity (Wildman–Crippen MR) is 143 cm³/mol. The summed E-state index contributed by atoms with van der Waals surface area (Å²) in [6.45, 7) is 3.66. The number of hydrogen-bond donors (Lipinski definition) is 4. The lowest BCUT2D eigenvalue weighted by atomic mass is 10.1. The average Bonchev–Trinajstić information content (AvgIpc) is 2.94. The van der Waals surface area contributed by atoms with Crippen LogP contribution in [0.15, 0.2) is 29.2 Å². The summed E-state index contributed by atoms with van der Waals surface area (Å²) in [6.07, 6.45) is -7.92. The lowest BCUT2D eigenvalue weighted by Crippen LogP contribution is -2.46. The number of aliphatic carboxylic acids is 1. The Kier molecular flexibility index (Phi) is 10.6. The highest BCUT2D eigenvalue weighted by Gasteiger charge is 2.38. The van der Waals surface area contributed by atoms with Crippen LogP contribution in [0.3, 0.4) is 0 Å². The van der Waals surface area contributed by atoms with Crippen LogP contribution in [0.4, 0.5) is 37.7 Å². The number of piperazine rings is 1. The van der Waals surface area contributed by atoms with Gasteiger partial charge < -0.3 is 30.3 Å². The molecular formula is C25H25ClF6N6O5. The van der Waals surface area contributed by atoms with Gasteiger partial charge in [-0.2, -0.15) is 26.3 Å². The molecule has 2 aromatic heterocycles. The number of benzene rings is 1. The van der Waals surface area contributed by atoms with Crippen molar-refractivity contribution >= 4 is 46.0 Å². The number of pyridine rings is 1. The molecule has 1 aliphatic rings. The van der Waals surface area contributed by atoms with Crippen LogP contribution in [0.1, 0.15) is 23.9 Å². The number of aliphatic hydroxyl groups excluding tert-OH is 1. The number of rotatable bonds is 6. The van der Waals surface area contributed by atoms with Crippen LogP contribution in [0.2, 0.25) is 5.02 Å². The third kappa shape index (κ3) is 8.11. The van der Waals surface area contributed by atoms with Gasteiger partial charge in [0.2, 0.25) is 11.3 Å². The first-order chi connectivity index (χ1) is 20.1. The molecule has 4 N–H and O–H groups in total. The Morgan fingerprint density at radius 3 is 2.28 bits per heavy atom. The number of nitrogens with one attached hydrogen (secondary N) is 2. The van der Waals surface area contributed by atoms with Gasteiger partial charge >= 0.3 is 18.3 Å². The zero-order valence-corrected chi connectivity index (χ0v) is 23.1. The fraction of sp³-hybridized carbons (Fsp3) is 0.400. The van der Waals surface area contributed by atoms with Crippen molar-refractivity contribution in [1.29, 1.82) is 0 Å². The van der Waals surface area contributed by atoms with Gasteiger partial charge in [0.15, 0.2) is 11.2 Å². The Labute approximate surface area is 244 Å². The number of carbonyl (C=O) groups is 2. The number of carboxylic acids is 1. The number of anilines is 2. The second kappa shape index (κ2) is 13.6. The van der Waals surface area contributed by atoms with Gasteiger partial charge in [-0.1, -0.05) is 18.5 Å². The molecule has 11 nitrogen and oxygen atoms in total. The smallest absolute Gasteiger partial charge is 0.475 e. The topological polar surface area (TPSA) is 150 Å². The lowest BCUT2D eigenvalue weighted by molar-refractivity contribution is -0.192. The van der Waals surface area contributed by atoms with Crippen LogP contribution in [0, 0.1) is 0 Å². The van der Waals surface area contributed by atoms with Crippen molar-refractivity contribution in [3.8, 4) is 0 Å². The minimum atomic E-state index is -5.08. The highest BCUT2D eigenvalue weighted by molar-refractivity contribution is 6.33. The Morgan fingerprint density at radius 1 is 1.14 bits per heavy atom. The van der Waals surface area contributed by atoms with Gasteiger partial charge in [0.25, 0.3) is 0 Å². The van der Waals surface area contributed by atoms with E-state index in [-0.39, 0.29) is 39.5 Å². The maximum atomic E-state index is 13.5. The fourth-order valence-corrected chi connectivity index (χ4v) is 4.44. The Bertz CT molecular complexity index is 1560. The molecule has 1 fully saturated rings. The van der Waals surface area contributed by atoms with E-state index in [1.54, 1.807) is 4.57 Å². The molecule has 1 saturated heterocycles. The van der Waals surface area contributed by atoms with Crippen LogP contribution in [-0.4, -0.2) is 69.0 Å². The summed E-state index contributed by atoms with van der Waals surface area (Å²) < 4.78 is 72.2. The average molecular weight is 639 g/mol. The number of carboxylic acid groups (broad SMARTS) is 1. The van der Waals surface area contributed by atoms with Gasteiger partial charge in [0.1, 0.15) is 12.2 Å². The standard InChI is InChI=1S/C23H24ClF3N6O3.C2HF3O2/c1-2-17-20(32-7-5-28-6-8-32)21(36)19-22(29-10-14(12-34)30-19)33(17)11-18(35)31-16-4-3-13(9-15(16)24)23(25,26)27;3-2(4,5)1(6)7/h3-4,9-10,28,34H,2,5-8,11-12H2,1H3,(H,31,35);(H,6,7). The van der Waals surface area contributed by atoms with Gasteiger partial charge in [0.05, 0.1) is 34.8 Å². The van der Waals surface area contributed by atoms with E-state index in [4.69, 9.17) is 21.5 Å². The lowest BCUT2D eigenvalue weighted by Gasteiger charge is -2.31. The van der Waals surface area contributed by atoms with Crippen molar-refractivity contribution in [2.45, 2.75) is 38.8 Å². The molecular weight excluding hydrogens is 614 g/mol. The summed E-state index contributed by atoms with van der Waals surface area (Å²) in [5, 5.41) is 22.1. The maximum Gasteiger partial charge on any atom is 0.490 e. The monoisotopic (exact) mass is 638 g/mol. The molecule has 4 rings (SSSR count). The molecule has 1 amide bonds. The molecule has 0 spiro atoms. The zero-order chi connectivity index (χ0) is 32.1. The molecule has 1 aliphatic heterocycles. The molecule has 18 heteroatoms. The second-order valence-electron chi connectivity index (χ2n) is 9.04. The molecule has 234 valence electrons. The van der Waals surface area contributed by atoms with Gasteiger partial charge in [-0.25, -0.2) is 14.8 Å². The van der Waals surface area contributed by atoms with Crippen molar-refractivity contribution in [1.82, 2.24) is 19.9 Å². The highest BCUT2D eigenvalue weighted by atomic mass is 35.5. The Morgan fingerprint density at radius 2 is 1.77 bits per heavy atom. The molecule has 0 bridgehead atoms. The van der Waals surface area contributed by atoms with Crippen molar-refractivity contribution < 1.29 is 46.1 Å². The van der Waals surface area contributed by atoms with E-state index in [2.05, 4.69) is 20.6 Å². The number of hydrogen-bond acceptors (Lipinski definition) is 8. The van der Waals surface area contributed by atoms with Crippen LogP contribution >= 0.6 is 11.6 Å². The Hall–Kier alpha value is -3.96. The van der Waals surface area contributed by atoms with E-state index < -0.39 is 36.4 Å². The molecule has 3 aromatic rings. The molecule has 0 unspecified atom stereocenters. The van der Waals surface area contributed by atoms with Crippen LogP contribution in [0.25, 0.3) is 11.2 Å². The first-order valence-electron chi connectivity index (χ1n) is 12.5. The minimum Gasteiger partial charge on any atom is -0.475 e. The summed E-state index contributed by atoms with van der Waals surface area (Å²) in [5.41, 5.74) is 0.145. The molecule has 0 atom stereocenters. The number of halogens is 7. The normalized spacial score (nSPS) is 13.8. The number of aliphatic hydroxyl groups is 1. The van der Waals surface area contributed by atoms with Gasteiger partial charge in [-0.05, 0) is 24.6 Å². The molecule has 1 aromatic carbocycles. The van der Waals surface area contributed by atoms with E-state index in [1.165, 1.54) is 6.20 Å². The molecule has 0 saturated carbocycles. The summed E-state index contributed by atoms with van der Waals surface area (Å²) in [6, 6.07) is 2.67. The maximum absolute atomic E-state index is 13.5. The van der Waals surface area contributed by atoms with Gasteiger partial charge in [-0.15, -0.1) is 0 Å². The number of carbonyl (C=O) groups excluding carboxylic acids is 1. The van der Waals surface area contributed by atoms with Crippen LogP contribution in [0.5, 0.6) is 0 Å². The molecule has 43 heavy (non-hydrogen) atoms. The number of nitrogens with zero attached hydrogens (tertiary/aromatic N) is 4. The number of amides is 1. The first kappa shape index (κ1) is 33.5. The van der Waals surface area contributed by atoms with Crippen LogP contribution < -0.4 is 21.0 Å².